The number of aromatic nitrogens is 1. The molecular weight excluding hydrogens is 270 g/mol. The summed E-state index contributed by atoms with van der Waals surface area (Å²) in [6.07, 6.45) is 1.02. The van der Waals surface area contributed by atoms with Crippen LogP contribution < -0.4 is 5.32 Å². The van der Waals surface area contributed by atoms with Crippen molar-refractivity contribution in [1.29, 1.82) is 0 Å². The molecule has 1 aliphatic heterocycles. The fourth-order valence-electron chi connectivity index (χ4n) is 2.66. The average Bonchev–Trinajstić information content (AvgIpc) is 2.44. The molecule has 6 heteroatoms. The minimum atomic E-state index is -0.772. The van der Waals surface area contributed by atoms with Gasteiger partial charge in [0.05, 0.1) is 18.2 Å². The zero-order valence-electron chi connectivity index (χ0n) is 12.4. The second-order valence-corrected chi connectivity index (χ2v) is 5.53. The summed E-state index contributed by atoms with van der Waals surface area (Å²) in [5.41, 5.74) is 1.73. The number of urea groups is 1. The van der Waals surface area contributed by atoms with Crippen LogP contribution in [0.2, 0.25) is 0 Å². The molecule has 0 aliphatic carbocycles. The van der Waals surface area contributed by atoms with E-state index in [4.69, 9.17) is 5.11 Å². The van der Waals surface area contributed by atoms with Crippen molar-refractivity contribution in [3.05, 3.63) is 29.6 Å². The molecule has 2 unspecified atom stereocenters. The van der Waals surface area contributed by atoms with Crippen molar-refractivity contribution >= 4 is 12.0 Å². The molecule has 0 aromatic carbocycles. The molecule has 0 spiro atoms. The molecule has 2 rings (SSSR count). The normalized spacial score (nSPS) is 21.9. The van der Waals surface area contributed by atoms with Crippen molar-refractivity contribution in [2.75, 3.05) is 6.54 Å². The van der Waals surface area contributed by atoms with Gasteiger partial charge in [-0.15, -0.1) is 0 Å². The Morgan fingerprint density at radius 3 is 2.86 bits per heavy atom. The van der Waals surface area contributed by atoms with E-state index in [1.165, 1.54) is 0 Å². The Balaban J connectivity index is 1.88. The number of carboxylic acid groups (broad SMARTS) is 1. The highest BCUT2D eigenvalue weighted by Crippen LogP contribution is 2.22. The van der Waals surface area contributed by atoms with Crippen LogP contribution in [0.1, 0.15) is 31.2 Å². The first-order valence-electron chi connectivity index (χ1n) is 7.17. The van der Waals surface area contributed by atoms with Crippen LogP contribution in [0.5, 0.6) is 0 Å². The Labute approximate surface area is 124 Å². The molecule has 6 nitrogen and oxygen atoms in total. The Hall–Kier alpha value is -2.11. The van der Waals surface area contributed by atoms with E-state index in [0.717, 1.165) is 11.4 Å². The number of piperidine rings is 1. The molecule has 114 valence electrons. The smallest absolute Gasteiger partial charge is 0.317 e. The highest BCUT2D eigenvalue weighted by Gasteiger charge is 2.32. The first-order chi connectivity index (χ1) is 9.97. The summed E-state index contributed by atoms with van der Waals surface area (Å²) in [5.74, 6) is -1.12. The molecule has 1 saturated heterocycles. The predicted octanol–water partition coefficient (Wildman–Crippen LogP) is 1.78. The zero-order valence-corrected chi connectivity index (χ0v) is 12.4. The number of carbonyl (C=O) groups excluding carboxylic acids is 1. The number of hydrogen-bond donors (Lipinski definition) is 2. The van der Waals surface area contributed by atoms with Gasteiger partial charge < -0.3 is 15.3 Å². The lowest BCUT2D eigenvalue weighted by Gasteiger charge is -2.36. The molecule has 2 atom stereocenters. The van der Waals surface area contributed by atoms with E-state index < -0.39 is 5.97 Å². The molecule has 0 saturated carbocycles. The number of amides is 2. The summed E-state index contributed by atoms with van der Waals surface area (Å²) in [6, 6.07) is 5.46. The molecular formula is C15H21N3O3. The lowest BCUT2D eigenvalue weighted by molar-refractivity contribution is -0.143. The second kappa shape index (κ2) is 6.56. The maximum Gasteiger partial charge on any atom is 0.317 e. The Kier molecular flexibility index (Phi) is 4.77. The molecule has 1 aliphatic rings. The number of nitrogens with one attached hydrogen (secondary N) is 1. The standard InChI is InChI=1S/C15H21N3O3/c1-10-4-3-5-13(17-10)9-16-15(21)18-7-6-12(14(19)20)8-11(18)2/h3-5,11-12H,6-9H2,1-2H3,(H,16,21)(H,19,20). The SMILES string of the molecule is Cc1cccc(CNC(=O)N2CCC(C(=O)O)CC2C)n1. The van der Waals surface area contributed by atoms with Crippen molar-refractivity contribution in [2.45, 2.75) is 39.3 Å². The summed E-state index contributed by atoms with van der Waals surface area (Å²) < 4.78 is 0. The number of likely N-dealkylation sites (tertiary alicyclic amines) is 1. The summed E-state index contributed by atoms with van der Waals surface area (Å²) in [7, 11) is 0. The number of aryl methyl sites for hydroxylation is 1. The summed E-state index contributed by atoms with van der Waals surface area (Å²) >= 11 is 0. The lowest BCUT2D eigenvalue weighted by atomic mass is 9.92. The van der Waals surface area contributed by atoms with Gasteiger partial charge in [-0.25, -0.2) is 4.79 Å². The third kappa shape index (κ3) is 3.93. The maximum absolute atomic E-state index is 12.2. The minimum absolute atomic E-state index is 0.0645. The summed E-state index contributed by atoms with van der Waals surface area (Å²) in [4.78, 5) is 29.2. The number of nitrogens with zero attached hydrogens (tertiary/aromatic N) is 2. The fraction of sp³-hybridized carbons (Fsp3) is 0.533. The average molecular weight is 291 g/mol. The molecule has 2 amide bonds. The van der Waals surface area contributed by atoms with Crippen molar-refractivity contribution in [2.24, 2.45) is 5.92 Å². The number of aliphatic carboxylic acids is 1. The quantitative estimate of drug-likeness (QED) is 0.889. The second-order valence-electron chi connectivity index (χ2n) is 5.53. The number of rotatable bonds is 3. The number of carbonyl (C=O) groups is 2. The number of carboxylic acids is 1. The van der Waals surface area contributed by atoms with E-state index in [1.807, 2.05) is 32.0 Å². The van der Waals surface area contributed by atoms with Gasteiger partial charge >= 0.3 is 12.0 Å². The molecule has 2 heterocycles. The highest BCUT2D eigenvalue weighted by atomic mass is 16.4. The van der Waals surface area contributed by atoms with Crippen LogP contribution >= 0.6 is 0 Å². The third-order valence-electron chi connectivity index (χ3n) is 3.85. The molecule has 21 heavy (non-hydrogen) atoms. The van der Waals surface area contributed by atoms with E-state index in [-0.39, 0.29) is 18.0 Å². The van der Waals surface area contributed by atoms with Gasteiger partial charge in [-0.2, -0.15) is 0 Å². The van der Waals surface area contributed by atoms with E-state index in [9.17, 15) is 9.59 Å². The Morgan fingerprint density at radius 1 is 1.48 bits per heavy atom. The maximum atomic E-state index is 12.2. The van der Waals surface area contributed by atoms with Crippen molar-refractivity contribution in [3.63, 3.8) is 0 Å². The van der Waals surface area contributed by atoms with E-state index in [0.29, 0.717) is 25.9 Å². The molecule has 1 aromatic heterocycles. The predicted molar refractivity (Wildman–Crippen MR) is 77.7 cm³/mol. The van der Waals surface area contributed by atoms with Gasteiger partial charge in [0.25, 0.3) is 0 Å². The van der Waals surface area contributed by atoms with Crippen LogP contribution in [0.4, 0.5) is 4.79 Å². The van der Waals surface area contributed by atoms with Gasteiger partial charge in [-0.1, -0.05) is 6.07 Å². The summed E-state index contributed by atoms with van der Waals surface area (Å²) in [6.45, 7) is 4.65. The first-order valence-corrected chi connectivity index (χ1v) is 7.17. The van der Waals surface area contributed by atoms with Gasteiger partial charge in [-0.05, 0) is 38.8 Å². The monoisotopic (exact) mass is 291 g/mol. The number of pyridine rings is 1. The van der Waals surface area contributed by atoms with Gasteiger partial charge in [-0.3, -0.25) is 9.78 Å². The van der Waals surface area contributed by atoms with Crippen LogP contribution in [0.3, 0.4) is 0 Å². The number of hydrogen-bond acceptors (Lipinski definition) is 3. The Bertz CT molecular complexity index is 533. The van der Waals surface area contributed by atoms with Crippen molar-refractivity contribution in [3.8, 4) is 0 Å². The fourth-order valence-corrected chi connectivity index (χ4v) is 2.66. The molecule has 2 N–H and O–H groups in total. The van der Waals surface area contributed by atoms with Gasteiger partial charge in [0.2, 0.25) is 0 Å². The van der Waals surface area contributed by atoms with Gasteiger partial charge in [0.15, 0.2) is 0 Å². The van der Waals surface area contributed by atoms with Crippen molar-refractivity contribution in [1.82, 2.24) is 15.2 Å². The van der Waals surface area contributed by atoms with E-state index in [1.54, 1.807) is 4.90 Å². The van der Waals surface area contributed by atoms with Crippen LogP contribution in [-0.4, -0.2) is 39.6 Å². The van der Waals surface area contributed by atoms with Crippen LogP contribution in [-0.2, 0) is 11.3 Å². The topological polar surface area (TPSA) is 82.5 Å². The molecule has 0 radical (unpaired) electrons. The Morgan fingerprint density at radius 2 is 2.24 bits per heavy atom. The molecule has 0 bridgehead atoms. The largest absolute Gasteiger partial charge is 0.481 e. The van der Waals surface area contributed by atoms with E-state index in [2.05, 4.69) is 10.3 Å². The zero-order chi connectivity index (χ0) is 15.4. The minimum Gasteiger partial charge on any atom is -0.481 e. The lowest BCUT2D eigenvalue weighted by Crippen LogP contribution is -2.50. The van der Waals surface area contributed by atoms with Crippen LogP contribution in [0, 0.1) is 12.8 Å². The third-order valence-corrected chi connectivity index (χ3v) is 3.85. The molecule has 1 aromatic rings. The van der Waals surface area contributed by atoms with Gasteiger partial charge in [0, 0.05) is 18.3 Å². The van der Waals surface area contributed by atoms with E-state index >= 15 is 0 Å². The van der Waals surface area contributed by atoms with Crippen LogP contribution in [0.25, 0.3) is 0 Å². The van der Waals surface area contributed by atoms with Crippen LogP contribution in [0.15, 0.2) is 18.2 Å². The highest BCUT2D eigenvalue weighted by molar-refractivity contribution is 5.75. The first kappa shape index (κ1) is 15.3. The summed E-state index contributed by atoms with van der Waals surface area (Å²) in [5, 5.41) is 11.9. The van der Waals surface area contributed by atoms with Gasteiger partial charge in [0.1, 0.15) is 0 Å². The molecule has 1 fully saturated rings. The van der Waals surface area contributed by atoms with Crippen molar-refractivity contribution < 1.29 is 14.7 Å².